The second-order valence-electron chi connectivity index (χ2n) is 7.64. The minimum atomic E-state index is -0.549. The zero-order valence-electron chi connectivity index (χ0n) is 14.5. The number of benzene rings is 1. The Balaban J connectivity index is 1.46. The summed E-state index contributed by atoms with van der Waals surface area (Å²) in [6.07, 6.45) is 6.99. The molecule has 5 heteroatoms. The fourth-order valence-electron chi connectivity index (χ4n) is 4.56. The summed E-state index contributed by atoms with van der Waals surface area (Å²) >= 11 is 6.03. The molecule has 2 amide bonds. The van der Waals surface area contributed by atoms with Gasteiger partial charge in [-0.3, -0.25) is 9.59 Å². The molecule has 3 fully saturated rings. The van der Waals surface area contributed by atoms with E-state index < -0.39 is 5.54 Å². The van der Waals surface area contributed by atoms with Gasteiger partial charge in [0.15, 0.2) is 0 Å². The van der Waals surface area contributed by atoms with E-state index in [1.54, 1.807) is 0 Å². The largest absolute Gasteiger partial charge is 0.338 e. The Bertz CT molecular complexity index is 688. The van der Waals surface area contributed by atoms with Gasteiger partial charge < -0.3 is 9.80 Å². The molecule has 4 nitrogen and oxygen atoms in total. The van der Waals surface area contributed by atoms with Crippen molar-refractivity contribution in [3.05, 3.63) is 34.9 Å². The number of piperidine rings is 1. The molecule has 1 aromatic rings. The molecule has 0 bridgehead atoms. The zero-order valence-corrected chi connectivity index (χ0v) is 15.3. The molecule has 2 aliphatic heterocycles. The Morgan fingerprint density at radius 1 is 1.20 bits per heavy atom. The lowest BCUT2D eigenvalue weighted by Crippen LogP contribution is -2.61. The zero-order chi connectivity index (χ0) is 17.4. The maximum Gasteiger partial charge on any atom is 0.248 e. The fourth-order valence-corrected chi connectivity index (χ4v) is 4.77. The third-order valence-corrected chi connectivity index (χ3v) is 6.18. The molecule has 4 rings (SSSR count). The highest BCUT2D eigenvalue weighted by molar-refractivity contribution is 6.30. The van der Waals surface area contributed by atoms with Crippen molar-refractivity contribution in [2.45, 2.75) is 62.9 Å². The first-order chi connectivity index (χ1) is 12.1. The van der Waals surface area contributed by atoms with Gasteiger partial charge in [0, 0.05) is 30.6 Å². The first-order valence-electron chi connectivity index (χ1n) is 9.46. The molecule has 0 aromatic heterocycles. The molecule has 1 aliphatic carbocycles. The van der Waals surface area contributed by atoms with Gasteiger partial charge in [-0.2, -0.15) is 0 Å². The van der Waals surface area contributed by atoms with E-state index in [-0.39, 0.29) is 11.8 Å². The van der Waals surface area contributed by atoms with Crippen LogP contribution in [0.15, 0.2) is 24.3 Å². The van der Waals surface area contributed by atoms with E-state index in [0.717, 1.165) is 57.2 Å². The molecule has 25 heavy (non-hydrogen) atoms. The van der Waals surface area contributed by atoms with Gasteiger partial charge >= 0.3 is 0 Å². The van der Waals surface area contributed by atoms with E-state index in [2.05, 4.69) is 4.90 Å². The van der Waals surface area contributed by atoms with Crippen LogP contribution >= 0.6 is 11.6 Å². The Labute approximate surface area is 154 Å². The van der Waals surface area contributed by atoms with Gasteiger partial charge in [0.1, 0.15) is 5.54 Å². The number of amides is 2. The summed E-state index contributed by atoms with van der Waals surface area (Å²) in [5, 5.41) is 0.699. The smallest absolute Gasteiger partial charge is 0.248 e. The average molecular weight is 361 g/mol. The molecule has 2 saturated heterocycles. The number of hydrogen-bond acceptors (Lipinski definition) is 2. The lowest BCUT2D eigenvalue weighted by Gasteiger charge is -2.44. The highest BCUT2D eigenvalue weighted by Gasteiger charge is 2.54. The molecule has 1 saturated carbocycles. The van der Waals surface area contributed by atoms with Crippen molar-refractivity contribution in [3.63, 3.8) is 0 Å². The summed E-state index contributed by atoms with van der Waals surface area (Å²) in [7, 11) is 0. The highest BCUT2D eigenvalue weighted by Crippen LogP contribution is 2.42. The normalized spacial score (nSPS) is 26.5. The number of halogens is 1. The molecule has 0 N–H and O–H groups in total. The van der Waals surface area contributed by atoms with Crippen LogP contribution in [-0.2, 0) is 16.0 Å². The molecule has 2 heterocycles. The maximum absolute atomic E-state index is 13.2. The van der Waals surface area contributed by atoms with Gasteiger partial charge in [-0.05, 0) is 62.6 Å². The van der Waals surface area contributed by atoms with Crippen molar-refractivity contribution in [1.29, 1.82) is 0 Å². The topological polar surface area (TPSA) is 40.6 Å². The minimum absolute atomic E-state index is 0.114. The third-order valence-electron chi connectivity index (χ3n) is 5.94. The SMILES string of the molecule is O=C(CCc1cccc(Cl)c1)N1CCCC12CCCN(C1CC1)C2=O. The number of rotatable bonds is 4. The molecular formula is C20H25ClN2O2. The standard InChI is InChI=1S/C20H25ClN2O2/c21-16-5-1-4-15(14-16)6-9-18(24)23-13-3-11-20(23)10-2-12-22(19(20)25)17-7-8-17/h1,4-5,14,17H,2-3,6-13H2. The second-order valence-corrected chi connectivity index (χ2v) is 8.08. The van der Waals surface area contributed by atoms with E-state index in [0.29, 0.717) is 23.9 Å². The number of nitrogens with zero attached hydrogens (tertiary/aromatic N) is 2. The van der Waals surface area contributed by atoms with Crippen LogP contribution in [0.2, 0.25) is 5.02 Å². The van der Waals surface area contributed by atoms with Crippen molar-refractivity contribution in [1.82, 2.24) is 9.80 Å². The van der Waals surface area contributed by atoms with Gasteiger partial charge in [0.2, 0.25) is 11.8 Å². The predicted molar refractivity (Wildman–Crippen MR) is 97.4 cm³/mol. The summed E-state index contributed by atoms with van der Waals surface area (Å²) in [4.78, 5) is 30.1. The van der Waals surface area contributed by atoms with Crippen molar-refractivity contribution in [2.75, 3.05) is 13.1 Å². The van der Waals surface area contributed by atoms with Crippen LogP contribution in [0.25, 0.3) is 0 Å². The summed E-state index contributed by atoms with van der Waals surface area (Å²) in [5.41, 5.74) is 0.523. The quantitative estimate of drug-likeness (QED) is 0.825. The Morgan fingerprint density at radius 3 is 2.68 bits per heavy atom. The third kappa shape index (κ3) is 3.17. The van der Waals surface area contributed by atoms with Gasteiger partial charge in [0.25, 0.3) is 0 Å². The van der Waals surface area contributed by atoms with Crippen molar-refractivity contribution < 1.29 is 9.59 Å². The Morgan fingerprint density at radius 2 is 1.96 bits per heavy atom. The second kappa shape index (κ2) is 6.64. The van der Waals surface area contributed by atoms with E-state index in [9.17, 15) is 9.59 Å². The molecule has 1 spiro atoms. The summed E-state index contributed by atoms with van der Waals surface area (Å²) in [6.45, 7) is 1.59. The highest BCUT2D eigenvalue weighted by atomic mass is 35.5. The van der Waals surface area contributed by atoms with Crippen LogP contribution in [0, 0.1) is 0 Å². The van der Waals surface area contributed by atoms with Gasteiger partial charge in [0.05, 0.1) is 0 Å². The number of carbonyl (C=O) groups excluding carboxylic acids is 2. The van der Waals surface area contributed by atoms with E-state index in [4.69, 9.17) is 11.6 Å². The van der Waals surface area contributed by atoms with Gasteiger partial charge in [-0.15, -0.1) is 0 Å². The number of likely N-dealkylation sites (tertiary alicyclic amines) is 2. The number of carbonyl (C=O) groups is 2. The van der Waals surface area contributed by atoms with Crippen molar-refractivity contribution >= 4 is 23.4 Å². The van der Waals surface area contributed by atoms with Crippen LogP contribution in [0.4, 0.5) is 0 Å². The van der Waals surface area contributed by atoms with E-state index >= 15 is 0 Å². The molecule has 3 aliphatic rings. The van der Waals surface area contributed by atoms with Gasteiger partial charge in [-0.25, -0.2) is 0 Å². The van der Waals surface area contributed by atoms with E-state index in [1.807, 2.05) is 29.2 Å². The lowest BCUT2D eigenvalue weighted by atomic mass is 9.85. The van der Waals surface area contributed by atoms with Crippen LogP contribution in [-0.4, -0.2) is 46.3 Å². The number of hydrogen-bond donors (Lipinski definition) is 0. The van der Waals surface area contributed by atoms with E-state index in [1.165, 1.54) is 0 Å². The number of aryl methyl sites for hydroxylation is 1. The molecule has 1 aromatic carbocycles. The van der Waals surface area contributed by atoms with Crippen LogP contribution in [0.1, 0.15) is 50.5 Å². The van der Waals surface area contributed by atoms with Crippen molar-refractivity contribution in [3.8, 4) is 0 Å². The first-order valence-corrected chi connectivity index (χ1v) is 9.84. The first kappa shape index (κ1) is 16.9. The van der Waals surface area contributed by atoms with Crippen LogP contribution < -0.4 is 0 Å². The average Bonchev–Trinajstić information content (AvgIpc) is 3.36. The molecular weight excluding hydrogens is 336 g/mol. The molecule has 134 valence electrons. The minimum Gasteiger partial charge on any atom is -0.338 e. The van der Waals surface area contributed by atoms with Crippen LogP contribution in [0.5, 0.6) is 0 Å². The Hall–Kier alpha value is -1.55. The summed E-state index contributed by atoms with van der Waals surface area (Å²) in [5.74, 6) is 0.332. The van der Waals surface area contributed by atoms with Crippen molar-refractivity contribution in [2.24, 2.45) is 0 Å². The molecule has 1 atom stereocenters. The summed E-state index contributed by atoms with van der Waals surface area (Å²) < 4.78 is 0. The molecule has 1 unspecified atom stereocenters. The summed E-state index contributed by atoms with van der Waals surface area (Å²) in [6, 6.07) is 8.11. The molecule has 0 radical (unpaired) electrons. The maximum atomic E-state index is 13.2. The predicted octanol–water partition coefficient (Wildman–Crippen LogP) is 3.42. The van der Waals surface area contributed by atoms with Crippen LogP contribution in [0.3, 0.4) is 0 Å². The lowest BCUT2D eigenvalue weighted by molar-refractivity contribution is -0.155. The fraction of sp³-hybridized carbons (Fsp3) is 0.600. The Kier molecular flexibility index (Phi) is 4.48. The van der Waals surface area contributed by atoms with Gasteiger partial charge in [-0.1, -0.05) is 23.7 Å². The monoisotopic (exact) mass is 360 g/mol.